The summed E-state index contributed by atoms with van der Waals surface area (Å²) in [5.74, 6) is 0.714. The molecular formula is C19H20N2O3S. The van der Waals surface area contributed by atoms with Gasteiger partial charge in [0.15, 0.2) is 4.80 Å². The highest BCUT2D eigenvalue weighted by Crippen LogP contribution is 2.26. The molecule has 0 fully saturated rings. The first-order valence-corrected chi connectivity index (χ1v) is 8.64. The maximum atomic E-state index is 12.8. The number of hydrogen-bond donors (Lipinski definition) is 0. The maximum absolute atomic E-state index is 12.8. The van der Waals surface area contributed by atoms with Gasteiger partial charge < -0.3 is 14.0 Å². The first kappa shape index (κ1) is 17.2. The Balaban J connectivity index is 2.18. The van der Waals surface area contributed by atoms with Crippen molar-refractivity contribution in [1.29, 1.82) is 0 Å². The number of methoxy groups -OCH3 is 2. The minimum atomic E-state index is -0.354. The molecule has 0 saturated carbocycles. The van der Waals surface area contributed by atoms with Gasteiger partial charge in [0.1, 0.15) is 11.5 Å². The molecule has 0 radical (unpaired) electrons. The number of rotatable bonds is 3. The van der Waals surface area contributed by atoms with E-state index in [4.69, 9.17) is 9.47 Å². The molecule has 0 bridgehead atoms. The van der Waals surface area contributed by atoms with Crippen molar-refractivity contribution in [3.8, 4) is 11.5 Å². The van der Waals surface area contributed by atoms with E-state index in [9.17, 15) is 4.79 Å². The van der Waals surface area contributed by atoms with Crippen LogP contribution < -0.4 is 14.3 Å². The number of thiazole rings is 1. The Morgan fingerprint density at radius 3 is 2.44 bits per heavy atom. The first-order chi connectivity index (χ1) is 12.0. The van der Waals surface area contributed by atoms with Crippen molar-refractivity contribution < 1.29 is 14.3 Å². The van der Waals surface area contributed by atoms with Gasteiger partial charge in [0, 0.05) is 7.05 Å². The molecule has 1 aromatic heterocycles. The lowest BCUT2D eigenvalue weighted by Gasteiger charge is -2.07. The standard InChI is InChI=1S/C19H20N2O3S/c1-11-6-7-12(2)17-16(11)21(3)19(25-17)20-18(22)14-10-13(23-4)8-9-15(14)24-5/h6-10H,1-5H3. The summed E-state index contributed by atoms with van der Waals surface area (Å²) in [6.07, 6.45) is 0. The number of amides is 1. The average molecular weight is 356 g/mol. The zero-order chi connectivity index (χ0) is 18.1. The number of ether oxygens (including phenoxy) is 2. The van der Waals surface area contributed by atoms with E-state index in [1.807, 2.05) is 11.6 Å². The summed E-state index contributed by atoms with van der Waals surface area (Å²) in [7, 11) is 5.02. The molecule has 3 aromatic rings. The predicted octanol–water partition coefficient (Wildman–Crippen LogP) is 3.61. The summed E-state index contributed by atoms with van der Waals surface area (Å²) < 4.78 is 13.6. The lowest BCUT2D eigenvalue weighted by molar-refractivity contribution is 0.0994. The van der Waals surface area contributed by atoms with Gasteiger partial charge in [-0.3, -0.25) is 4.79 Å². The van der Waals surface area contributed by atoms with E-state index in [1.54, 1.807) is 25.3 Å². The van der Waals surface area contributed by atoms with Gasteiger partial charge >= 0.3 is 0 Å². The quantitative estimate of drug-likeness (QED) is 0.720. The molecule has 0 aliphatic heterocycles. The summed E-state index contributed by atoms with van der Waals surface area (Å²) in [5.41, 5.74) is 3.82. The molecule has 6 heteroatoms. The van der Waals surface area contributed by atoms with Gasteiger partial charge in [-0.25, -0.2) is 0 Å². The van der Waals surface area contributed by atoms with Crippen LogP contribution in [0, 0.1) is 13.8 Å². The average Bonchev–Trinajstić information content (AvgIpc) is 2.95. The third kappa shape index (κ3) is 3.05. The van der Waals surface area contributed by atoms with Gasteiger partial charge in [0.2, 0.25) is 0 Å². The van der Waals surface area contributed by atoms with Gasteiger partial charge in [-0.15, -0.1) is 0 Å². The summed E-state index contributed by atoms with van der Waals surface area (Å²) in [6.45, 7) is 4.13. The van der Waals surface area contributed by atoms with Crippen LogP contribution in [0.4, 0.5) is 0 Å². The van der Waals surface area contributed by atoms with Crippen LogP contribution in [-0.2, 0) is 7.05 Å². The Bertz CT molecular complexity index is 1030. The normalized spacial score (nSPS) is 11.8. The minimum Gasteiger partial charge on any atom is -0.497 e. The molecule has 25 heavy (non-hydrogen) atoms. The number of benzene rings is 2. The number of nitrogens with zero attached hydrogens (tertiary/aromatic N) is 2. The Hall–Kier alpha value is -2.60. The molecule has 0 spiro atoms. The van der Waals surface area contributed by atoms with Crippen molar-refractivity contribution >= 4 is 27.5 Å². The van der Waals surface area contributed by atoms with Gasteiger partial charge in [-0.05, 0) is 43.2 Å². The molecule has 0 saturated heterocycles. The lowest BCUT2D eigenvalue weighted by Crippen LogP contribution is -2.14. The fourth-order valence-electron chi connectivity index (χ4n) is 2.80. The van der Waals surface area contributed by atoms with E-state index in [0.717, 1.165) is 15.8 Å². The largest absolute Gasteiger partial charge is 0.497 e. The highest BCUT2D eigenvalue weighted by Gasteiger charge is 2.15. The number of aryl methyl sites for hydroxylation is 3. The van der Waals surface area contributed by atoms with E-state index in [-0.39, 0.29) is 5.91 Å². The maximum Gasteiger partial charge on any atom is 0.283 e. The van der Waals surface area contributed by atoms with E-state index in [0.29, 0.717) is 21.9 Å². The molecule has 0 N–H and O–H groups in total. The van der Waals surface area contributed by atoms with Crippen molar-refractivity contribution in [3.63, 3.8) is 0 Å². The predicted molar refractivity (Wildman–Crippen MR) is 99.7 cm³/mol. The van der Waals surface area contributed by atoms with Crippen LogP contribution in [0.3, 0.4) is 0 Å². The summed E-state index contributed by atoms with van der Waals surface area (Å²) in [5, 5.41) is 0. The molecule has 130 valence electrons. The zero-order valence-corrected chi connectivity index (χ0v) is 15.7. The molecular weight excluding hydrogens is 336 g/mol. The van der Waals surface area contributed by atoms with Crippen LogP contribution in [0.5, 0.6) is 11.5 Å². The summed E-state index contributed by atoms with van der Waals surface area (Å²) in [6, 6.07) is 9.28. The monoisotopic (exact) mass is 356 g/mol. The van der Waals surface area contributed by atoms with Crippen molar-refractivity contribution in [2.75, 3.05) is 14.2 Å². The second-order valence-corrected chi connectivity index (χ2v) is 6.78. The van der Waals surface area contributed by atoms with Crippen LogP contribution in [0.2, 0.25) is 0 Å². The molecule has 1 heterocycles. The van der Waals surface area contributed by atoms with Gasteiger partial charge in [0.25, 0.3) is 5.91 Å². The second-order valence-electron chi connectivity index (χ2n) is 5.80. The third-order valence-corrected chi connectivity index (χ3v) is 5.45. The van der Waals surface area contributed by atoms with Crippen LogP contribution in [0.1, 0.15) is 21.5 Å². The lowest BCUT2D eigenvalue weighted by atomic mass is 10.1. The van der Waals surface area contributed by atoms with E-state index in [1.165, 1.54) is 24.0 Å². The molecule has 0 aliphatic carbocycles. The van der Waals surface area contributed by atoms with Gasteiger partial charge in [-0.1, -0.05) is 23.5 Å². The van der Waals surface area contributed by atoms with Crippen molar-refractivity contribution in [3.05, 3.63) is 51.8 Å². The van der Waals surface area contributed by atoms with Crippen LogP contribution in [-0.4, -0.2) is 24.7 Å². The van der Waals surface area contributed by atoms with Crippen LogP contribution in [0.15, 0.2) is 35.3 Å². The Labute approximate surface area is 150 Å². The number of carbonyl (C=O) groups excluding carboxylic acids is 1. The minimum absolute atomic E-state index is 0.354. The topological polar surface area (TPSA) is 52.8 Å². The smallest absolute Gasteiger partial charge is 0.283 e. The van der Waals surface area contributed by atoms with E-state index >= 15 is 0 Å². The highest BCUT2D eigenvalue weighted by atomic mass is 32.1. The van der Waals surface area contributed by atoms with Crippen molar-refractivity contribution in [1.82, 2.24) is 4.57 Å². The van der Waals surface area contributed by atoms with E-state index < -0.39 is 0 Å². The summed E-state index contributed by atoms with van der Waals surface area (Å²) >= 11 is 1.51. The SMILES string of the molecule is COc1ccc(OC)c(C(=O)N=c2sc3c(C)ccc(C)c3n2C)c1. The Kier molecular flexibility index (Phi) is 4.63. The molecule has 5 nitrogen and oxygen atoms in total. The van der Waals surface area contributed by atoms with Crippen molar-refractivity contribution in [2.45, 2.75) is 13.8 Å². The Morgan fingerprint density at radius 2 is 1.80 bits per heavy atom. The molecule has 0 unspecified atom stereocenters. The van der Waals surface area contributed by atoms with Gasteiger partial charge in [-0.2, -0.15) is 4.99 Å². The summed E-state index contributed by atoms with van der Waals surface area (Å²) in [4.78, 5) is 17.7. The number of fused-ring (bicyclic) bond motifs is 1. The number of carbonyl (C=O) groups is 1. The van der Waals surface area contributed by atoms with Gasteiger partial charge in [0.05, 0.1) is 30.0 Å². The fourth-order valence-corrected chi connectivity index (χ4v) is 3.96. The molecule has 0 aliphatic rings. The van der Waals surface area contributed by atoms with Crippen LogP contribution >= 0.6 is 11.3 Å². The highest BCUT2D eigenvalue weighted by molar-refractivity contribution is 7.16. The number of hydrogen-bond acceptors (Lipinski definition) is 4. The number of aromatic nitrogens is 1. The molecule has 0 atom stereocenters. The second kappa shape index (κ2) is 6.72. The molecule has 1 amide bonds. The zero-order valence-electron chi connectivity index (χ0n) is 14.9. The third-order valence-electron chi connectivity index (χ3n) is 4.18. The van der Waals surface area contributed by atoms with E-state index in [2.05, 4.69) is 31.0 Å². The fraction of sp³-hybridized carbons (Fsp3) is 0.263. The molecule has 2 aromatic carbocycles. The van der Waals surface area contributed by atoms with Crippen LogP contribution in [0.25, 0.3) is 10.2 Å². The first-order valence-electron chi connectivity index (χ1n) is 7.83. The molecule has 3 rings (SSSR count). The van der Waals surface area contributed by atoms with Crippen molar-refractivity contribution in [2.24, 2.45) is 12.0 Å². The Morgan fingerprint density at radius 1 is 1.08 bits per heavy atom.